The van der Waals surface area contributed by atoms with Gasteiger partial charge in [0.05, 0.1) is 10.8 Å². The molecule has 1 amide bonds. The summed E-state index contributed by atoms with van der Waals surface area (Å²) in [7, 11) is 1.36. The van der Waals surface area contributed by atoms with E-state index >= 15 is 0 Å². The number of fused-ring (bicyclic) bond motifs is 1. The Bertz CT molecular complexity index is 1400. The average Bonchev–Trinajstić information content (AvgIpc) is 2.78. The van der Waals surface area contributed by atoms with E-state index in [-0.39, 0.29) is 28.5 Å². The van der Waals surface area contributed by atoms with Crippen LogP contribution < -0.4 is 20.4 Å². The summed E-state index contributed by atoms with van der Waals surface area (Å²) >= 11 is 6.32. The molecule has 1 heterocycles. The maximum Gasteiger partial charge on any atom is 0.414 e. The molecule has 188 valence electrons. The number of nitrogens with one attached hydrogen (secondary N) is 2. The van der Waals surface area contributed by atoms with Crippen LogP contribution in [0, 0.1) is 6.92 Å². The highest BCUT2D eigenvalue weighted by Gasteiger charge is 2.18. The normalized spacial score (nSPS) is 11.5. The van der Waals surface area contributed by atoms with Crippen molar-refractivity contribution in [3.63, 3.8) is 0 Å². The summed E-state index contributed by atoms with van der Waals surface area (Å²) in [5, 5.41) is 3.73. The van der Waals surface area contributed by atoms with Gasteiger partial charge < -0.3 is 19.4 Å². The van der Waals surface area contributed by atoms with E-state index in [1.165, 1.54) is 25.1 Å². The Kier molecular flexibility index (Phi) is 8.42. The standard InChI is InChI=1S/C24H28ClN3O6S/c1-15-18-13-20(25)22(34-24(30)28(3)4)14-21(18)33-23(29)19(15)12-16-7-5-8-17(11-16)27-35(31,32)10-6-9-26-2/h5,7-8,11,13-14,26-27H,6,9-10,12H2,1-4H3. The SMILES string of the molecule is CNCCCS(=O)(=O)Nc1cccc(Cc2c(C)c3cc(Cl)c(OC(=O)N(C)C)cc3oc2=O)c1. The highest BCUT2D eigenvalue weighted by molar-refractivity contribution is 7.92. The third kappa shape index (κ3) is 6.74. The van der Waals surface area contributed by atoms with Crippen LogP contribution in [0.25, 0.3) is 11.0 Å². The van der Waals surface area contributed by atoms with Gasteiger partial charge in [-0.25, -0.2) is 18.0 Å². The predicted molar refractivity (Wildman–Crippen MR) is 137 cm³/mol. The lowest BCUT2D eigenvalue weighted by molar-refractivity contribution is 0.172. The Morgan fingerprint density at radius 3 is 2.63 bits per heavy atom. The quantitative estimate of drug-likeness (QED) is 0.325. The molecule has 35 heavy (non-hydrogen) atoms. The van der Waals surface area contributed by atoms with Crippen LogP contribution in [0.15, 0.2) is 45.6 Å². The summed E-state index contributed by atoms with van der Waals surface area (Å²) in [6.45, 7) is 2.38. The number of rotatable bonds is 9. The molecule has 2 N–H and O–H groups in total. The molecule has 0 aliphatic rings. The number of sulfonamides is 1. The Labute approximate surface area is 209 Å². The fraction of sp³-hybridized carbons (Fsp3) is 0.333. The third-order valence-corrected chi connectivity index (χ3v) is 6.99. The van der Waals surface area contributed by atoms with Crippen LogP contribution in [0.4, 0.5) is 10.5 Å². The highest BCUT2D eigenvalue weighted by atomic mass is 35.5. The second-order valence-corrected chi connectivity index (χ2v) is 10.5. The van der Waals surface area contributed by atoms with E-state index in [1.807, 2.05) is 0 Å². The van der Waals surface area contributed by atoms with E-state index in [0.29, 0.717) is 35.2 Å². The molecule has 0 saturated carbocycles. The number of halogens is 1. The molecular formula is C24H28ClN3O6S. The van der Waals surface area contributed by atoms with E-state index in [9.17, 15) is 18.0 Å². The van der Waals surface area contributed by atoms with E-state index in [4.69, 9.17) is 20.8 Å². The highest BCUT2D eigenvalue weighted by Crippen LogP contribution is 2.32. The van der Waals surface area contributed by atoms with Gasteiger partial charge >= 0.3 is 11.7 Å². The number of amides is 1. The number of carbonyl (C=O) groups is 1. The summed E-state index contributed by atoms with van der Waals surface area (Å²) in [4.78, 5) is 25.9. The lowest BCUT2D eigenvalue weighted by Gasteiger charge is -2.14. The lowest BCUT2D eigenvalue weighted by Crippen LogP contribution is -2.25. The first-order valence-corrected chi connectivity index (χ1v) is 12.9. The van der Waals surface area contributed by atoms with Gasteiger partial charge in [-0.05, 0) is 56.3 Å². The topological polar surface area (TPSA) is 118 Å². The predicted octanol–water partition coefficient (Wildman–Crippen LogP) is 3.76. The van der Waals surface area contributed by atoms with Crippen LogP contribution in [-0.4, -0.2) is 52.9 Å². The molecule has 1 aromatic heterocycles. The Morgan fingerprint density at radius 1 is 1.20 bits per heavy atom. The van der Waals surface area contributed by atoms with E-state index in [0.717, 1.165) is 5.56 Å². The van der Waals surface area contributed by atoms with Gasteiger partial charge in [0.1, 0.15) is 5.58 Å². The van der Waals surface area contributed by atoms with Crippen molar-refractivity contribution in [1.82, 2.24) is 10.2 Å². The van der Waals surface area contributed by atoms with Gasteiger partial charge in [0, 0.05) is 43.2 Å². The molecule has 3 aromatic rings. The maximum absolute atomic E-state index is 12.8. The van der Waals surface area contributed by atoms with Gasteiger partial charge in [-0.3, -0.25) is 4.72 Å². The first-order valence-electron chi connectivity index (χ1n) is 10.9. The molecule has 0 atom stereocenters. The zero-order valence-electron chi connectivity index (χ0n) is 20.0. The zero-order chi connectivity index (χ0) is 25.8. The summed E-state index contributed by atoms with van der Waals surface area (Å²) in [5.74, 6) is 0.0840. The largest absolute Gasteiger partial charge is 0.422 e. The molecule has 0 spiro atoms. The van der Waals surface area contributed by atoms with Crippen molar-refractivity contribution in [3.8, 4) is 5.75 Å². The Balaban J connectivity index is 1.89. The number of nitrogens with zero attached hydrogens (tertiary/aromatic N) is 1. The Hall–Kier alpha value is -3.08. The van der Waals surface area contributed by atoms with E-state index in [2.05, 4.69) is 10.0 Å². The number of aryl methyl sites for hydroxylation is 1. The summed E-state index contributed by atoms with van der Waals surface area (Å²) < 4.78 is 38.0. The molecule has 11 heteroatoms. The number of hydrogen-bond acceptors (Lipinski definition) is 7. The van der Waals surface area contributed by atoms with Crippen molar-refractivity contribution in [2.24, 2.45) is 0 Å². The van der Waals surface area contributed by atoms with Gasteiger partial charge in [-0.15, -0.1) is 0 Å². The molecule has 2 aromatic carbocycles. The number of benzene rings is 2. The summed E-state index contributed by atoms with van der Waals surface area (Å²) in [5.41, 5.74) is 1.94. The molecule has 0 radical (unpaired) electrons. The maximum atomic E-state index is 12.8. The molecule has 3 rings (SSSR count). The smallest absolute Gasteiger partial charge is 0.414 e. The molecule has 9 nitrogen and oxygen atoms in total. The summed E-state index contributed by atoms with van der Waals surface area (Å²) in [6, 6.07) is 9.88. The van der Waals surface area contributed by atoms with Gasteiger partial charge in [-0.2, -0.15) is 0 Å². The third-order valence-electron chi connectivity index (χ3n) is 5.32. The molecule has 0 aliphatic heterocycles. The minimum Gasteiger partial charge on any atom is -0.422 e. The molecular weight excluding hydrogens is 494 g/mol. The lowest BCUT2D eigenvalue weighted by atomic mass is 9.99. The zero-order valence-corrected chi connectivity index (χ0v) is 21.5. The van der Waals surface area contributed by atoms with Crippen molar-refractivity contribution >= 4 is 44.4 Å². The first-order chi connectivity index (χ1) is 16.5. The van der Waals surface area contributed by atoms with Crippen LogP contribution >= 0.6 is 11.6 Å². The van der Waals surface area contributed by atoms with Crippen LogP contribution in [0.1, 0.15) is 23.1 Å². The fourth-order valence-corrected chi connectivity index (χ4v) is 4.79. The van der Waals surface area contributed by atoms with Crippen molar-refractivity contribution in [2.45, 2.75) is 19.8 Å². The minimum atomic E-state index is -3.49. The van der Waals surface area contributed by atoms with Gasteiger partial charge in [0.15, 0.2) is 5.75 Å². The molecule has 0 saturated heterocycles. The van der Waals surface area contributed by atoms with E-state index in [1.54, 1.807) is 44.3 Å². The van der Waals surface area contributed by atoms with Crippen molar-refractivity contribution in [2.75, 3.05) is 38.2 Å². The van der Waals surface area contributed by atoms with Crippen molar-refractivity contribution in [3.05, 3.63) is 68.5 Å². The molecule has 0 fully saturated rings. The molecule has 0 unspecified atom stereocenters. The summed E-state index contributed by atoms with van der Waals surface area (Å²) in [6.07, 6.45) is 0.107. The van der Waals surface area contributed by atoms with Crippen molar-refractivity contribution in [1.29, 1.82) is 0 Å². The van der Waals surface area contributed by atoms with Crippen LogP contribution in [-0.2, 0) is 16.4 Å². The number of ether oxygens (including phenoxy) is 1. The van der Waals surface area contributed by atoms with Crippen LogP contribution in [0.2, 0.25) is 5.02 Å². The van der Waals surface area contributed by atoms with E-state index < -0.39 is 21.7 Å². The van der Waals surface area contributed by atoms with Crippen LogP contribution in [0.5, 0.6) is 5.75 Å². The van der Waals surface area contributed by atoms with Gasteiger partial charge in [-0.1, -0.05) is 23.7 Å². The second kappa shape index (κ2) is 11.1. The first kappa shape index (κ1) is 26.5. The van der Waals surface area contributed by atoms with Gasteiger partial charge in [0.2, 0.25) is 10.0 Å². The average molecular weight is 522 g/mol. The van der Waals surface area contributed by atoms with Crippen molar-refractivity contribution < 1.29 is 22.4 Å². The Morgan fingerprint density at radius 2 is 1.94 bits per heavy atom. The number of anilines is 1. The van der Waals surface area contributed by atoms with Crippen LogP contribution in [0.3, 0.4) is 0 Å². The number of hydrogen-bond donors (Lipinski definition) is 2. The fourth-order valence-electron chi connectivity index (χ4n) is 3.48. The monoisotopic (exact) mass is 521 g/mol. The minimum absolute atomic E-state index is 0.00194. The van der Waals surface area contributed by atoms with Gasteiger partial charge in [0.25, 0.3) is 0 Å². The molecule has 0 aliphatic carbocycles. The second-order valence-electron chi connectivity index (χ2n) is 8.29. The molecule has 0 bridgehead atoms. The number of carbonyl (C=O) groups excluding carboxylic acids is 1.